The first-order valence-corrected chi connectivity index (χ1v) is 1.65. The number of ether oxygens (including phenoxy) is 1. The maximum atomic E-state index is 4.64. The second-order valence-corrected chi connectivity index (χ2v) is 0.988. The van der Waals surface area contributed by atoms with Crippen LogP contribution in [0.1, 0.15) is 0 Å². The Labute approximate surface area is 36.0 Å². The van der Waals surface area contributed by atoms with Gasteiger partial charge in [-0.2, -0.15) is 0 Å². The van der Waals surface area contributed by atoms with E-state index in [1.165, 1.54) is 6.40 Å². The first-order chi connectivity index (χ1) is 2.89. The first kappa shape index (κ1) is 3.46. The predicted octanol–water partition coefficient (Wildman–Crippen LogP) is -0.290. The second-order valence-electron chi connectivity index (χ2n) is 0.988. The van der Waals surface area contributed by atoms with Gasteiger partial charge in [-0.15, -0.1) is 5.10 Å². The lowest BCUT2D eigenvalue weighted by atomic mass is 10.7. The van der Waals surface area contributed by atoms with E-state index in [0.717, 1.165) is 0 Å². The molecule has 6 heavy (non-hydrogen) atoms. The highest BCUT2D eigenvalue weighted by Gasteiger charge is 1.99. The van der Waals surface area contributed by atoms with Gasteiger partial charge in [-0.25, -0.2) is 0 Å². The van der Waals surface area contributed by atoms with Gasteiger partial charge in [0.1, 0.15) is 0 Å². The van der Waals surface area contributed by atoms with Crippen LogP contribution in [0.25, 0.3) is 0 Å². The van der Waals surface area contributed by atoms with Crippen LogP contribution in [-0.2, 0) is 4.74 Å². The summed E-state index contributed by atoms with van der Waals surface area (Å²) in [6.45, 7) is 3.48. The SMILES string of the molecule is [CH2]C1NN=CO1. The van der Waals surface area contributed by atoms with E-state index >= 15 is 0 Å². The van der Waals surface area contributed by atoms with Crippen LogP contribution in [0.2, 0.25) is 0 Å². The van der Waals surface area contributed by atoms with Crippen molar-refractivity contribution in [2.45, 2.75) is 6.23 Å². The lowest BCUT2D eigenvalue weighted by Crippen LogP contribution is -2.15. The van der Waals surface area contributed by atoms with Crippen molar-refractivity contribution in [3.05, 3.63) is 6.92 Å². The summed E-state index contributed by atoms with van der Waals surface area (Å²) in [6, 6.07) is 0. The number of nitrogens with one attached hydrogen (secondary N) is 1. The molecular formula is C3H5N2O. The zero-order chi connectivity index (χ0) is 4.41. The van der Waals surface area contributed by atoms with E-state index in [4.69, 9.17) is 0 Å². The highest BCUT2D eigenvalue weighted by Crippen LogP contribution is 1.85. The number of hydrogen-bond donors (Lipinski definition) is 1. The third kappa shape index (κ3) is 0.429. The molecule has 1 N–H and O–H groups in total. The number of nitrogens with zero attached hydrogens (tertiary/aromatic N) is 1. The molecule has 0 aromatic carbocycles. The molecule has 1 aliphatic heterocycles. The third-order valence-corrected chi connectivity index (χ3v) is 0.496. The monoisotopic (exact) mass is 85.0 g/mol. The lowest BCUT2D eigenvalue weighted by Gasteiger charge is -1.96. The summed E-state index contributed by atoms with van der Waals surface area (Å²) in [6.07, 6.45) is 1.16. The van der Waals surface area contributed by atoms with Gasteiger partial charge in [-0.05, 0) is 0 Å². The molecule has 1 heterocycles. The lowest BCUT2D eigenvalue weighted by molar-refractivity contribution is 0.244. The van der Waals surface area contributed by atoms with E-state index in [9.17, 15) is 0 Å². The van der Waals surface area contributed by atoms with Crippen molar-refractivity contribution < 1.29 is 4.74 Å². The minimum absolute atomic E-state index is 0.176. The second kappa shape index (κ2) is 1.16. The van der Waals surface area contributed by atoms with Gasteiger partial charge in [0, 0.05) is 6.92 Å². The van der Waals surface area contributed by atoms with Gasteiger partial charge in [0.15, 0.2) is 12.6 Å². The number of hydrogen-bond acceptors (Lipinski definition) is 3. The van der Waals surface area contributed by atoms with Crippen molar-refractivity contribution in [1.82, 2.24) is 5.43 Å². The minimum atomic E-state index is -0.176. The fourth-order valence-electron chi connectivity index (χ4n) is 0.248. The first-order valence-electron chi connectivity index (χ1n) is 1.65. The van der Waals surface area contributed by atoms with Crippen molar-refractivity contribution in [2.75, 3.05) is 0 Å². The highest BCUT2D eigenvalue weighted by molar-refractivity contribution is 5.47. The largest absolute Gasteiger partial charge is 0.457 e. The normalized spacial score (nSPS) is 29.2. The van der Waals surface area contributed by atoms with Crippen LogP contribution >= 0.6 is 0 Å². The summed E-state index contributed by atoms with van der Waals surface area (Å²) in [5.74, 6) is 0. The molecule has 0 saturated carbocycles. The maximum absolute atomic E-state index is 4.64. The van der Waals surface area contributed by atoms with Gasteiger partial charge in [0.05, 0.1) is 0 Å². The molecule has 0 bridgehead atoms. The topological polar surface area (TPSA) is 33.6 Å². The van der Waals surface area contributed by atoms with E-state index in [1.54, 1.807) is 0 Å². The van der Waals surface area contributed by atoms with Crippen molar-refractivity contribution in [1.29, 1.82) is 0 Å². The van der Waals surface area contributed by atoms with Crippen molar-refractivity contribution in [3.8, 4) is 0 Å². The summed E-state index contributed by atoms with van der Waals surface area (Å²) in [5.41, 5.74) is 2.56. The zero-order valence-electron chi connectivity index (χ0n) is 3.22. The molecule has 0 saturated heterocycles. The van der Waals surface area contributed by atoms with E-state index in [1.807, 2.05) is 0 Å². The predicted molar refractivity (Wildman–Crippen MR) is 21.9 cm³/mol. The summed E-state index contributed by atoms with van der Waals surface area (Å²) < 4.78 is 4.64. The minimum Gasteiger partial charge on any atom is -0.457 e. The standard InChI is InChI=1S/C3H5N2O/c1-3-5-4-2-6-3/h2-3,5H,1H2. The molecule has 1 unspecified atom stereocenters. The quantitative estimate of drug-likeness (QED) is 0.438. The molecular weight excluding hydrogens is 80.0 g/mol. The maximum Gasteiger partial charge on any atom is 0.195 e. The van der Waals surface area contributed by atoms with Crippen LogP contribution in [0.4, 0.5) is 0 Å². The average Bonchev–Trinajstić information content (AvgIpc) is 1.86. The molecule has 0 spiro atoms. The molecule has 0 aromatic heterocycles. The molecule has 3 nitrogen and oxygen atoms in total. The van der Waals surface area contributed by atoms with Crippen LogP contribution in [0.3, 0.4) is 0 Å². The van der Waals surface area contributed by atoms with Gasteiger partial charge in [0.2, 0.25) is 0 Å². The molecule has 0 fully saturated rings. The summed E-state index contributed by atoms with van der Waals surface area (Å²) >= 11 is 0. The highest BCUT2D eigenvalue weighted by atomic mass is 16.5. The van der Waals surface area contributed by atoms with Crippen LogP contribution in [0.15, 0.2) is 5.10 Å². The van der Waals surface area contributed by atoms with E-state index in [0.29, 0.717) is 0 Å². The van der Waals surface area contributed by atoms with Gasteiger partial charge in [-0.1, -0.05) is 0 Å². The molecule has 0 aliphatic carbocycles. The fraction of sp³-hybridized carbons (Fsp3) is 0.333. The number of rotatable bonds is 0. The zero-order valence-corrected chi connectivity index (χ0v) is 3.22. The van der Waals surface area contributed by atoms with Gasteiger partial charge in [0.25, 0.3) is 0 Å². The average molecular weight is 85.1 g/mol. The Hall–Kier alpha value is -0.730. The Kier molecular flexibility index (Phi) is 0.670. The van der Waals surface area contributed by atoms with E-state index < -0.39 is 0 Å². The smallest absolute Gasteiger partial charge is 0.195 e. The molecule has 0 amide bonds. The Bertz CT molecular complexity index is 63.2. The molecule has 33 valence electrons. The van der Waals surface area contributed by atoms with Crippen molar-refractivity contribution in [3.63, 3.8) is 0 Å². The van der Waals surface area contributed by atoms with Crippen LogP contribution < -0.4 is 5.43 Å². The molecule has 3 heteroatoms. The molecule has 1 atom stereocenters. The number of hydrazone groups is 1. The van der Waals surface area contributed by atoms with Crippen molar-refractivity contribution in [2.24, 2.45) is 5.10 Å². The summed E-state index contributed by atoms with van der Waals surface area (Å²) in [4.78, 5) is 0. The van der Waals surface area contributed by atoms with Gasteiger partial charge in [-0.3, -0.25) is 5.43 Å². The van der Waals surface area contributed by atoms with Gasteiger partial charge < -0.3 is 4.74 Å². The van der Waals surface area contributed by atoms with E-state index in [2.05, 4.69) is 22.2 Å². The van der Waals surface area contributed by atoms with Gasteiger partial charge >= 0.3 is 0 Å². The summed E-state index contributed by atoms with van der Waals surface area (Å²) in [7, 11) is 0. The Morgan fingerprint density at radius 1 is 2.00 bits per heavy atom. The fourth-order valence-corrected chi connectivity index (χ4v) is 0.248. The van der Waals surface area contributed by atoms with Crippen LogP contribution in [0.5, 0.6) is 0 Å². The van der Waals surface area contributed by atoms with Crippen molar-refractivity contribution >= 4 is 6.40 Å². The molecule has 0 aromatic rings. The molecule has 1 aliphatic rings. The Balaban J connectivity index is 2.32. The third-order valence-electron chi connectivity index (χ3n) is 0.496. The Morgan fingerprint density at radius 3 is 3.00 bits per heavy atom. The van der Waals surface area contributed by atoms with E-state index in [-0.39, 0.29) is 6.23 Å². The van der Waals surface area contributed by atoms with Crippen LogP contribution in [0, 0.1) is 6.92 Å². The molecule has 1 radical (unpaired) electrons. The van der Waals surface area contributed by atoms with Crippen LogP contribution in [-0.4, -0.2) is 12.6 Å². The molecule has 1 rings (SSSR count). The Morgan fingerprint density at radius 2 is 2.83 bits per heavy atom. The summed E-state index contributed by atoms with van der Waals surface area (Å²) in [5, 5.41) is 3.50.